The molecule has 138 valence electrons. The van der Waals surface area contributed by atoms with E-state index in [0.717, 1.165) is 29.7 Å². The average Bonchev–Trinajstić information content (AvgIpc) is 2.72. The lowest BCUT2D eigenvalue weighted by Crippen LogP contribution is -2.36. The summed E-state index contributed by atoms with van der Waals surface area (Å²) in [7, 11) is 0. The largest absolute Gasteiger partial charge is 0.483 e. The van der Waals surface area contributed by atoms with E-state index >= 15 is 0 Å². The molecule has 0 aliphatic heterocycles. The molecule has 0 aliphatic carbocycles. The van der Waals surface area contributed by atoms with Crippen molar-refractivity contribution >= 4 is 5.91 Å². The predicted octanol–water partition coefficient (Wildman–Crippen LogP) is 4.87. The van der Waals surface area contributed by atoms with Gasteiger partial charge in [0, 0.05) is 11.6 Å². The molecule has 1 amide bonds. The van der Waals surface area contributed by atoms with Gasteiger partial charge in [-0.25, -0.2) is 0 Å². The van der Waals surface area contributed by atoms with E-state index in [-0.39, 0.29) is 18.6 Å². The topological polar surface area (TPSA) is 38.3 Å². The first-order valence-corrected chi connectivity index (χ1v) is 9.33. The number of amides is 1. The third-order valence-corrected chi connectivity index (χ3v) is 4.45. The van der Waals surface area contributed by atoms with Crippen LogP contribution in [-0.4, -0.2) is 18.6 Å². The molecule has 27 heavy (non-hydrogen) atoms. The van der Waals surface area contributed by atoms with Crippen LogP contribution in [0.4, 0.5) is 0 Å². The van der Waals surface area contributed by atoms with Gasteiger partial charge in [-0.1, -0.05) is 78.9 Å². The van der Waals surface area contributed by atoms with E-state index in [2.05, 4.69) is 17.4 Å². The van der Waals surface area contributed by atoms with Crippen molar-refractivity contribution in [2.45, 2.75) is 25.8 Å². The quantitative estimate of drug-likeness (QED) is 0.623. The van der Waals surface area contributed by atoms with Gasteiger partial charge in [-0.05, 0) is 37.0 Å². The first-order chi connectivity index (χ1) is 13.2. The van der Waals surface area contributed by atoms with Gasteiger partial charge in [0.05, 0.1) is 0 Å². The Balaban J connectivity index is 1.51. The summed E-state index contributed by atoms with van der Waals surface area (Å²) in [5.74, 6) is 0.620. The highest BCUT2D eigenvalue weighted by molar-refractivity contribution is 5.78. The maximum Gasteiger partial charge on any atom is 0.258 e. The molecule has 0 radical (unpaired) electrons. The third-order valence-electron chi connectivity index (χ3n) is 4.45. The van der Waals surface area contributed by atoms with Gasteiger partial charge < -0.3 is 10.1 Å². The fourth-order valence-corrected chi connectivity index (χ4v) is 3.01. The van der Waals surface area contributed by atoms with Crippen molar-refractivity contribution in [3.8, 4) is 16.9 Å². The Morgan fingerprint density at radius 3 is 2.26 bits per heavy atom. The Labute approximate surface area is 161 Å². The van der Waals surface area contributed by atoms with Crippen molar-refractivity contribution in [3.63, 3.8) is 0 Å². The Bertz CT molecular complexity index is 847. The maximum absolute atomic E-state index is 12.2. The molecule has 1 atom stereocenters. The lowest BCUT2D eigenvalue weighted by molar-refractivity contribution is -0.123. The molecule has 1 N–H and O–H groups in total. The number of para-hydroxylation sites is 1. The molecule has 3 rings (SSSR count). The van der Waals surface area contributed by atoms with Crippen LogP contribution in [0.3, 0.4) is 0 Å². The van der Waals surface area contributed by atoms with Crippen LogP contribution in [0.1, 0.15) is 18.9 Å². The van der Waals surface area contributed by atoms with Crippen molar-refractivity contribution in [2.24, 2.45) is 0 Å². The van der Waals surface area contributed by atoms with E-state index in [1.54, 1.807) is 0 Å². The van der Waals surface area contributed by atoms with E-state index in [0.29, 0.717) is 0 Å². The fourth-order valence-electron chi connectivity index (χ4n) is 3.01. The monoisotopic (exact) mass is 359 g/mol. The smallest absolute Gasteiger partial charge is 0.258 e. The maximum atomic E-state index is 12.2. The van der Waals surface area contributed by atoms with Crippen LogP contribution < -0.4 is 10.1 Å². The fraction of sp³-hybridized carbons (Fsp3) is 0.208. The number of nitrogens with one attached hydrogen (secondary N) is 1. The number of hydrogen-bond donors (Lipinski definition) is 1. The van der Waals surface area contributed by atoms with Crippen molar-refractivity contribution in [2.75, 3.05) is 6.61 Å². The van der Waals surface area contributed by atoms with E-state index in [9.17, 15) is 4.79 Å². The molecule has 3 aromatic rings. The molecule has 3 aromatic carbocycles. The summed E-state index contributed by atoms with van der Waals surface area (Å²) in [6.45, 7) is 2.04. The van der Waals surface area contributed by atoms with Crippen LogP contribution in [0, 0.1) is 0 Å². The first-order valence-electron chi connectivity index (χ1n) is 9.33. The molecule has 0 spiro atoms. The molecular formula is C24H25NO2. The highest BCUT2D eigenvalue weighted by atomic mass is 16.5. The van der Waals surface area contributed by atoms with Crippen LogP contribution in [0.15, 0.2) is 84.9 Å². The molecule has 0 aromatic heterocycles. The number of carbonyl (C=O) groups is 1. The Morgan fingerprint density at radius 2 is 1.52 bits per heavy atom. The number of hydrogen-bond acceptors (Lipinski definition) is 2. The summed E-state index contributed by atoms with van der Waals surface area (Å²) < 4.78 is 5.80. The third kappa shape index (κ3) is 5.71. The van der Waals surface area contributed by atoms with Crippen LogP contribution in [-0.2, 0) is 11.2 Å². The number of aryl methyl sites for hydroxylation is 1. The van der Waals surface area contributed by atoms with Crippen LogP contribution in [0.25, 0.3) is 11.1 Å². The number of rotatable bonds is 8. The zero-order chi connectivity index (χ0) is 18.9. The van der Waals surface area contributed by atoms with Crippen molar-refractivity contribution in [3.05, 3.63) is 90.5 Å². The molecule has 0 unspecified atom stereocenters. The van der Waals surface area contributed by atoms with E-state index < -0.39 is 0 Å². The standard InChI is InChI=1S/C24H25NO2/c1-19(16-17-20-10-4-2-5-11-20)25-24(26)18-27-23-15-9-8-14-22(23)21-12-6-3-7-13-21/h2-15,19H,16-18H2,1H3,(H,25,26)/t19-/m1/s1. The van der Waals surface area contributed by atoms with E-state index in [1.165, 1.54) is 5.56 Å². The highest BCUT2D eigenvalue weighted by Gasteiger charge is 2.10. The average molecular weight is 359 g/mol. The Hall–Kier alpha value is -3.07. The van der Waals surface area contributed by atoms with Crippen molar-refractivity contribution < 1.29 is 9.53 Å². The van der Waals surface area contributed by atoms with Gasteiger partial charge in [-0.3, -0.25) is 4.79 Å². The minimum atomic E-state index is -0.0987. The molecule has 3 heteroatoms. The summed E-state index contributed by atoms with van der Waals surface area (Å²) in [5.41, 5.74) is 3.35. The van der Waals surface area contributed by atoms with Crippen LogP contribution >= 0.6 is 0 Å². The molecule has 0 fully saturated rings. The zero-order valence-corrected chi connectivity index (χ0v) is 15.6. The SMILES string of the molecule is C[C@H](CCc1ccccc1)NC(=O)COc1ccccc1-c1ccccc1. The van der Waals surface area contributed by atoms with Gasteiger partial charge in [-0.2, -0.15) is 0 Å². The molecule has 3 nitrogen and oxygen atoms in total. The Morgan fingerprint density at radius 1 is 0.889 bits per heavy atom. The van der Waals surface area contributed by atoms with Crippen molar-refractivity contribution in [1.29, 1.82) is 0 Å². The van der Waals surface area contributed by atoms with Crippen molar-refractivity contribution in [1.82, 2.24) is 5.32 Å². The number of ether oxygens (including phenoxy) is 1. The van der Waals surface area contributed by atoms with Gasteiger partial charge >= 0.3 is 0 Å². The molecular weight excluding hydrogens is 334 g/mol. The van der Waals surface area contributed by atoms with E-state index in [4.69, 9.17) is 4.74 Å². The molecule has 0 aliphatic rings. The summed E-state index contributed by atoms with van der Waals surface area (Å²) in [5, 5.41) is 3.02. The van der Waals surface area contributed by atoms with Gasteiger partial charge in [0.1, 0.15) is 5.75 Å². The first kappa shape index (κ1) is 18.7. The van der Waals surface area contributed by atoms with Gasteiger partial charge in [0.15, 0.2) is 6.61 Å². The molecule has 0 bridgehead atoms. The number of carbonyl (C=O) groups excluding carboxylic acids is 1. The predicted molar refractivity (Wildman–Crippen MR) is 110 cm³/mol. The molecule has 0 saturated carbocycles. The minimum Gasteiger partial charge on any atom is -0.483 e. The molecule has 0 heterocycles. The second-order valence-electron chi connectivity index (χ2n) is 6.64. The van der Waals surface area contributed by atoms with Crippen LogP contribution in [0.5, 0.6) is 5.75 Å². The lowest BCUT2D eigenvalue weighted by Gasteiger charge is -2.15. The molecule has 0 saturated heterocycles. The Kier molecular flexibility index (Phi) is 6.64. The summed E-state index contributed by atoms with van der Waals surface area (Å²) >= 11 is 0. The second-order valence-corrected chi connectivity index (χ2v) is 6.64. The van der Waals surface area contributed by atoms with E-state index in [1.807, 2.05) is 79.7 Å². The highest BCUT2D eigenvalue weighted by Crippen LogP contribution is 2.29. The minimum absolute atomic E-state index is 0.0134. The summed E-state index contributed by atoms with van der Waals surface area (Å²) in [6, 6.07) is 28.2. The van der Waals surface area contributed by atoms with Gasteiger partial charge in [-0.15, -0.1) is 0 Å². The van der Waals surface area contributed by atoms with Gasteiger partial charge in [0.25, 0.3) is 5.91 Å². The normalized spacial score (nSPS) is 11.6. The van der Waals surface area contributed by atoms with Gasteiger partial charge in [0.2, 0.25) is 0 Å². The number of benzene rings is 3. The second kappa shape index (κ2) is 9.58. The summed E-state index contributed by atoms with van der Waals surface area (Å²) in [4.78, 5) is 12.2. The zero-order valence-electron chi connectivity index (χ0n) is 15.6. The van der Waals surface area contributed by atoms with Crippen LogP contribution in [0.2, 0.25) is 0 Å². The summed E-state index contributed by atoms with van der Waals surface area (Å²) in [6.07, 6.45) is 1.84. The lowest BCUT2D eigenvalue weighted by atomic mass is 10.1.